The first-order valence-electron chi connectivity index (χ1n) is 7.74. The zero-order valence-electron chi connectivity index (χ0n) is 12.7. The molecule has 0 unspecified atom stereocenters. The van der Waals surface area contributed by atoms with Gasteiger partial charge in [0, 0.05) is 44.5 Å². The number of nitrogens with zero attached hydrogens (tertiary/aromatic N) is 3. The van der Waals surface area contributed by atoms with E-state index in [0.717, 1.165) is 69.4 Å². The molecule has 2 fully saturated rings. The summed E-state index contributed by atoms with van der Waals surface area (Å²) in [6.07, 6.45) is 0. The van der Waals surface area contributed by atoms with Gasteiger partial charge in [-0.15, -0.1) is 0 Å². The Hall–Kier alpha value is -0.890. The number of halogens is 1. The molecule has 122 valence electrons. The van der Waals surface area contributed by atoms with Crippen molar-refractivity contribution < 1.29 is 14.2 Å². The van der Waals surface area contributed by atoms with Crippen molar-refractivity contribution in [2.45, 2.75) is 0 Å². The molecule has 1 aromatic rings. The molecule has 0 amide bonds. The summed E-state index contributed by atoms with van der Waals surface area (Å²) in [5.74, 6) is 0.670. The fourth-order valence-electron chi connectivity index (χ4n) is 2.64. The maximum Gasteiger partial charge on any atom is 0.216 e. The molecule has 0 radical (unpaired) electrons. The lowest BCUT2D eigenvalue weighted by Crippen LogP contribution is -2.38. The van der Waals surface area contributed by atoms with Crippen molar-refractivity contribution in [2.75, 3.05) is 70.7 Å². The molecule has 0 atom stereocenters. The average Bonchev–Trinajstić information content (AvgIpc) is 2.56. The summed E-state index contributed by atoms with van der Waals surface area (Å²) < 4.78 is 17.4. The Morgan fingerprint density at radius 1 is 1.05 bits per heavy atom. The number of ether oxygens (including phenoxy) is 3. The Morgan fingerprint density at radius 3 is 2.45 bits per heavy atom. The zero-order chi connectivity index (χ0) is 15.2. The van der Waals surface area contributed by atoms with E-state index in [0.29, 0.717) is 12.5 Å². The number of pyridine rings is 1. The zero-order valence-corrected chi connectivity index (χ0v) is 14.3. The van der Waals surface area contributed by atoms with E-state index in [9.17, 15) is 0 Å². The normalized spacial score (nSPS) is 20.1. The van der Waals surface area contributed by atoms with E-state index in [-0.39, 0.29) is 0 Å². The topological polar surface area (TPSA) is 47.1 Å². The Bertz CT molecular complexity index is 477. The highest BCUT2D eigenvalue weighted by Crippen LogP contribution is 2.24. The standard InChI is InChI=1S/C15H22BrN3O3/c16-14-11-13(19-4-8-21-9-5-19)12-15(17-14)22-10-3-18-1-6-20-7-2-18/h11-12H,1-10H2. The minimum atomic E-state index is 0.645. The lowest BCUT2D eigenvalue weighted by molar-refractivity contribution is 0.0320. The molecule has 0 N–H and O–H groups in total. The number of rotatable bonds is 5. The third kappa shape index (κ3) is 4.55. The summed E-state index contributed by atoms with van der Waals surface area (Å²) in [6.45, 7) is 8.50. The highest BCUT2D eigenvalue weighted by Gasteiger charge is 2.14. The van der Waals surface area contributed by atoms with Gasteiger partial charge in [-0.3, -0.25) is 4.90 Å². The molecule has 2 saturated heterocycles. The fourth-order valence-corrected chi connectivity index (χ4v) is 3.05. The number of morpholine rings is 2. The molecule has 6 nitrogen and oxygen atoms in total. The third-order valence-electron chi connectivity index (χ3n) is 3.89. The van der Waals surface area contributed by atoms with Gasteiger partial charge >= 0.3 is 0 Å². The van der Waals surface area contributed by atoms with Crippen LogP contribution in [0.4, 0.5) is 5.69 Å². The van der Waals surface area contributed by atoms with Gasteiger partial charge in [0.1, 0.15) is 11.2 Å². The summed E-state index contributed by atoms with van der Waals surface area (Å²) in [4.78, 5) is 9.05. The smallest absolute Gasteiger partial charge is 0.216 e. The number of hydrogen-bond donors (Lipinski definition) is 0. The summed E-state index contributed by atoms with van der Waals surface area (Å²) in [5.41, 5.74) is 1.13. The van der Waals surface area contributed by atoms with Crippen LogP contribution in [0.5, 0.6) is 5.88 Å². The molecular weight excluding hydrogens is 350 g/mol. The molecule has 3 heterocycles. The van der Waals surface area contributed by atoms with E-state index in [1.54, 1.807) is 0 Å². The van der Waals surface area contributed by atoms with Crippen molar-refractivity contribution in [1.82, 2.24) is 9.88 Å². The molecule has 2 aliphatic heterocycles. The van der Waals surface area contributed by atoms with Crippen LogP contribution in [-0.4, -0.2) is 75.6 Å². The van der Waals surface area contributed by atoms with Crippen molar-refractivity contribution in [1.29, 1.82) is 0 Å². The van der Waals surface area contributed by atoms with Crippen molar-refractivity contribution in [3.05, 3.63) is 16.7 Å². The summed E-state index contributed by atoms with van der Waals surface area (Å²) >= 11 is 3.47. The second-order valence-electron chi connectivity index (χ2n) is 5.39. The monoisotopic (exact) mass is 371 g/mol. The SMILES string of the molecule is Brc1cc(N2CCOCC2)cc(OCCN2CCOCC2)n1. The molecule has 22 heavy (non-hydrogen) atoms. The number of aromatic nitrogens is 1. The molecule has 0 spiro atoms. The van der Waals surface area contributed by atoms with Crippen molar-refractivity contribution in [3.63, 3.8) is 0 Å². The van der Waals surface area contributed by atoms with Crippen LogP contribution in [0, 0.1) is 0 Å². The Labute approximate surface area is 139 Å². The van der Waals surface area contributed by atoms with Gasteiger partial charge in [0.2, 0.25) is 5.88 Å². The molecule has 2 aliphatic rings. The molecule has 0 saturated carbocycles. The summed E-state index contributed by atoms with van der Waals surface area (Å²) in [6, 6.07) is 4.04. The maximum atomic E-state index is 5.84. The van der Waals surface area contributed by atoms with Crippen LogP contribution in [0.2, 0.25) is 0 Å². The second-order valence-corrected chi connectivity index (χ2v) is 6.20. The van der Waals surface area contributed by atoms with E-state index < -0.39 is 0 Å². The average molecular weight is 372 g/mol. The second kappa shape index (κ2) is 8.10. The summed E-state index contributed by atoms with van der Waals surface area (Å²) in [5, 5.41) is 0. The molecule has 0 bridgehead atoms. The maximum absolute atomic E-state index is 5.84. The van der Waals surface area contributed by atoms with Gasteiger partial charge in [0.15, 0.2) is 0 Å². The van der Waals surface area contributed by atoms with Gasteiger partial charge in [-0.05, 0) is 22.0 Å². The largest absolute Gasteiger partial charge is 0.476 e. The van der Waals surface area contributed by atoms with Crippen LogP contribution in [-0.2, 0) is 9.47 Å². The first-order chi connectivity index (χ1) is 10.8. The third-order valence-corrected chi connectivity index (χ3v) is 4.30. The molecule has 3 rings (SSSR count). The van der Waals surface area contributed by atoms with Gasteiger partial charge in [-0.1, -0.05) is 0 Å². The van der Waals surface area contributed by atoms with Crippen LogP contribution in [0.15, 0.2) is 16.7 Å². The first-order valence-corrected chi connectivity index (χ1v) is 8.54. The molecule has 0 aromatic carbocycles. The minimum absolute atomic E-state index is 0.645. The fraction of sp³-hybridized carbons (Fsp3) is 0.667. The first kappa shape index (κ1) is 16.0. The van der Waals surface area contributed by atoms with Crippen molar-refractivity contribution in [3.8, 4) is 5.88 Å². The van der Waals surface area contributed by atoms with Crippen LogP contribution in [0.1, 0.15) is 0 Å². The van der Waals surface area contributed by atoms with Crippen LogP contribution in [0.25, 0.3) is 0 Å². The van der Waals surface area contributed by atoms with Gasteiger partial charge in [0.05, 0.1) is 26.4 Å². The number of hydrogen-bond acceptors (Lipinski definition) is 6. The van der Waals surface area contributed by atoms with Crippen molar-refractivity contribution >= 4 is 21.6 Å². The quantitative estimate of drug-likeness (QED) is 0.729. The van der Waals surface area contributed by atoms with Crippen LogP contribution in [0.3, 0.4) is 0 Å². The molecular formula is C15H22BrN3O3. The van der Waals surface area contributed by atoms with E-state index >= 15 is 0 Å². The van der Waals surface area contributed by atoms with Crippen LogP contribution < -0.4 is 9.64 Å². The molecule has 7 heteroatoms. The predicted molar refractivity (Wildman–Crippen MR) is 87.7 cm³/mol. The van der Waals surface area contributed by atoms with E-state index in [2.05, 4.69) is 30.7 Å². The highest BCUT2D eigenvalue weighted by atomic mass is 79.9. The predicted octanol–water partition coefficient (Wildman–Crippen LogP) is 1.39. The Morgan fingerprint density at radius 2 is 1.73 bits per heavy atom. The minimum Gasteiger partial charge on any atom is -0.476 e. The number of anilines is 1. The molecule has 0 aliphatic carbocycles. The van der Waals surface area contributed by atoms with Crippen molar-refractivity contribution in [2.24, 2.45) is 0 Å². The van der Waals surface area contributed by atoms with Gasteiger partial charge in [-0.25, -0.2) is 4.98 Å². The van der Waals surface area contributed by atoms with Gasteiger partial charge in [-0.2, -0.15) is 0 Å². The lowest BCUT2D eigenvalue weighted by Gasteiger charge is -2.29. The van der Waals surface area contributed by atoms with Crippen LogP contribution >= 0.6 is 15.9 Å². The lowest BCUT2D eigenvalue weighted by atomic mass is 10.3. The Kier molecular flexibility index (Phi) is 5.89. The van der Waals surface area contributed by atoms with E-state index in [1.807, 2.05) is 12.1 Å². The highest BCUT2D eigenvalue weighted by molar-refractivity contribution is 9.10. The Balaban J connectivity index is 1.54. The van der Waals surface area contributed by atoms with E-state index in [4.69, 9.17) is 14.2 Å². The summed E-state index contributed by atoms with van der Waals surface area (Å²) in [7, 11) is 0. The van der Waals surface area contributed by atoms with Gasteiger partial charge in [0.25, 0.3) is 0 Å². The van der Waals surface area contributed by atoms with E-state index in [1.165, 1.54) is 0 Å². The molecule has 1 aromatic heterocycles. The van der Waals surface area contributed by atoms with Gasteiger partial charge < -0.3 is 19.1 Å².